The van der Waals surface area contributed by atoms with Crippen molar-refractivity contribution in [2.24, 2.45) is 5.92 Å². The summed E-state index contributed by atoms with van der Waals surface area (Å²) in [5.41, 5.74) is 0.400. The van der Waals surface area contributed by atoms with Crippen LogP contribution in [0.2, 0.25) is 0 Å². The van der Waals surface area contributed by atoms with Gasteiger partial charge in [-0.25, -0.2) is 4.79 Å². The van der Waals surface area contributed by atoms with Crippen LogP contribution in [0.25, 0.3) is 0 Å². The van der Waals surface area contributed by atoms with Gasteiger partial charge < -0.3 is 19.6 Å². The zero-order valence-electron chi connectivity index (χ0n) is 11.1. The molecule has 18 heavy (non-hydrogen) atoms. The number of rotatable bonds is 7. The number of nitrogens with one attached hydrogen (secondary N) is 1. The van der Waals surface area contributed by atoms with Gasteiger partial charge in [0.25, 0.3) is 0 Å². The molecule has 1 aromatic rings. The molecule has 1 heterocycles. The maximum absolute atomic E-state index is 11.2. The Bertz CT molecular complexity index is 373. The normalized spacial score (nSPS) is 12.7. The van der Waals surface area contributed by atoms with Crippen molar-refractivity contribution in [3.05, 3.63) is 23.7 Å². The Kier molecular flexibility index (Phi) is 5.88. The zero-order chi connectivity index (χ0) is 13.5. The highest BCUT2D eigenvalue weighted by Crippen LogP contribution is 2.09. The Morgan fingerprint density at radius 1 is 1.56 bits per heavy atom. The van der Waals surface area contributed by atoms with Gasteiger partial charge in [-0.15, -0.1) is 0 Å². The van der Waals surface area contributed by atoms with Crippen molar-refractivity contribution in [1.82, 2.24) is 5.32 Å². The molecule has 0 fully saturated rings. The van der Waals surface area contributed by atoms with Gasteiger partial charge in [0.1, 0.15) is 12.0 Å². The lowest BCUT2D eigenvalue weighted by Gasteiger charge is -2.13. The first-order valence-electron chi connectivity index (χ1n) is 6.07. The first kappa shape index (κ1) is 14.7. The number of hydrogen-bond acceptors (Lipinski definition) is 5. The number of ether oxygens (including phenoxy) is 1. The molecule has 2 N–H and O–H groups in total. The molecule has 102 valence electrons. The minimum Gasteiger partial charge on any atom is -0.467 e. The van der Waals surface area contributed by atoms with E-state index in [4.69, 9.17) is 4.42 Å². The van der Waals surface area contributed by atoms with Crippen LogP contribution >= 0.6 is 0 Å². The fraction of sp³-hybridized carbons (Fsp3) is 0.615. The Labute approximate surface area is 107 Å². The van der Waals surface area contributed by atoms with Crippen molar-refractivity contribution < 1.29 is 19.1 Å². The van der Waals surface area contributed by atoms with E-state index < -0.39 is 5.97 Å². The monoisotopic (exact) mass is 255 g/mol. The molecule has 1 atom stereocenters. The van der Waals surface area contributed by atoms with Crippen molar-refractivity contribution in [2.45, 2.75) is 32.9 Å². The number of aliphatic hydroxyl groups excluding tert-OH is 1. The van der Waals surface area contributed by atoms with Gasteiger partial charge in [0, 0.05) is 6.54 Å². The van der Waals surface area contributed by atoms with Gasteiger partial charge in [0.15, 0.2) is 0 Å². The van der Waals surface area contributed by atoms with E-state index in [2.05, 4.69) is 23.9 Å². The maximum Gasteiger partial charge on any atom is 0.341 e. The summed E-state index contributed by atoms with van der Waals surface area (Å²) in [5, 5.41) is 12.7. The first-order chi connectivity index (χ1) is 8.52. The number of aliphatic hydroxyl groups is 1. The molecule has 0 spiro atoms. The van der Waals surface area contributed by atoms with Crippen molar-refractivity contribution in [2.75, 3.05) is 13.7 Å². The van der Waals surface area contributed by atoms with E-state index in [0.29, 0.717) is 30.3 Å². The summed E-state index contributed by atoms with van der Waals surface area (Å²) in [7, 11) is 1.33. The summed E-state index contributed by atoms with van der Waals surface area (Å²) in [5.74, 6) is 0.702. The van der Waals surface area contributed by atoms with Crippen LogP contribution in [-0.2, 0) is 11.3 Å². The SMILES string of the molecule is COC(=O)c1coc(CNCC(O)CC(C)C)c1. The highest BCUT2D eigenvalue weighted by Gasteiger charge is 2.11. The van der Waals surface area contributed by atoms with Crippen LogP contribution in [0.1, 0.15) is 36.4 Å². The van der Waals surface area contributed by atoms with Gasteiger partial charge in [-0.05, 0) is 18.4 Å². The third-order valence-corrected chi connectivity index (χ3v) is 2.50. The molecule has 1 aromatic heterocycles. The number of carbonyl (C=O) groups is 1. The Hall–Kier alpha value is -1.33. The molecule has 5 heteroatoms. The molecule has 0 amide bonds. The molecule has 0 aliphatic carbocycles. The Morgan fingerprint density at radius 2 is 2.28 bits per heavy atom. The van der Waals surface area contributed by atoms with Crippen LogP contribution in [0.15, 0.2) is 16.7 Å². The molecule has 0 radical (unpaired) electrons. The second-order valence-corrected chi connectivity index (χ2v) is 4.71. The molecule has 0 aliphatic rings. The number of furan rings is 1. The van der Waals surface area contributed by atoms with Gasteiger partial charge in [-0.1, -0.05) is 13.8 Å². The molecular weight excluding hydrogens is 234 g/mol. The standard InChI is InChI=1S/C13H21NO4/c1-9(2)4-11(15)6-14-7-12-5-10(8-18-12)13(16)17-3/h5,8-9,11,14-15H,4,6-7H2,1-3H3. The van der Waals surface area contributed by atoms with Crippen LogP contribution in [-0.4, -0.2) is 30.8 Å². The van der Waals surface area contributed by atoms with Crippen molar-refractivity contribution in [3.8, 4) is 0 Å². The average molecular weight is 255 g/mol. The highest BCUT2D eigenvalue weighted by molar-refractivity contribution is 5.88. The van der Waals surface area contributed by atoms with Crippen LogP contribution in [0, 0.1) is 5.92 Å². The lowest BCUT2D eigenvalue weighted by Crippen LogP contribution is -2.27. The fourth-order valence-corrected chi connectivity index (χ4v) is 1.69. The van der Waals surface area contributed by atoms with Crippen molar-refractivity contribution in [1.29, 1.82) is 0 Å². The predicted molar refractivity (Wildman–Crippen MR) is 67.2 cm³/mol. The molecule has 1 unspecified atom stereocenters. The topological polar surface area (TPSA) is 71.7 Å². The van der Waals surface area contributed by atoms with E-state index in [9.17, 15) is 9.90 Å². The van der Waals surface area contributed by atoms with Crippen molar-refractivity contribution in [3.63, 3.8) is 0 Å². The summed E-state index contributed by atoms with van der Waals surface area (Å²) < 4.78 is 9.78. The van der Waals surface area contributed by atoms with Crippen LogP contribution in [0.3, 0.4) is 0 Å². The van der Waals surface area contributed by atoms with Gasteiger partial charge in [-0.3, -0.25) is 0 Å². The smallest absolute Gasteiger partial charge is 0.341 e. The van der Waals surface area contributed by atoms with E-state index in [1.165, 1.54) is 13.4 Å². The number of hydrogen-bond donors (Lipinski definition) is 2. The Balaban J connectivity index is 2.31. The molecule has 5 nitrogen and oxygen atoms in total. The second kappa shape index (κ2) is 7.18. The summed E-state index contributed by atoms with van der Waals surface area (Å²) >= 11 is 0. The van der Waals surface area contributed by atoms with Gasteiger partial charge in [-0.2, -0.15) is 0 Å². The lowest BCUT2D eigenvalue weighted by molar-refractivity contribution is 0.0600. The summed E-state index contributed by atoms with van der Waals surface area (Å²) in [6, 6.07) is 1.63. The first-order valence-corrected chi connectivity index (χ1v) is 6.07. The molecule has 1 rings (SSSR count). The maximum atomic E-state index is 11.2. The largest absolute Gasteiger partial charge is 0.467 e. The number of methoxy groups -OCH3 is 1. The van der Waals surface area contributed by atoms with Gasteiger partial charge in [0.2, 0.25) is 0 Å². The van der Waals surface area contributed by atoms with E-state index in [1.807, 2.05) is 0 Å². The third kappa shape index (κ3) is 4.89. The van der Waals surface area contributed by atoms with Crippen LogP contribution < -0.4 is 5.32 Å². The van der Waals surface area contributed by atoms with Crippen LogP contribution in [0.4, 0.5) is 0 Å². The van der Waals surface area contributed by atoms with E-state index in [-0.39, 0.29) is 6.10 Å². The number of esters is 1. The zero-order valence-corrected chi connectivity index (χ0v) is 11.1. The van der Waals surface area contributed by atoms with E-state index in [0.717, 1.165) is 6.42 Å². The quantitative estimate of drug-likeness (QED) is 0.723. The molecule has 0 aromatic carbocycles. The highest BCUT2D eigenvalue weighted by atomic mass is 16.5. The predicted octanol–water partition coefficient (Wildman–Crippen LogP) is 1.56. The van der Waals surface area contributed by atoms with Gasteiger partial charge in [0.05, 0.1) is 25.3 Å². The van der Waals surface area contributed by atoms with Crippen LogP contribution in [0.5, 0.6) is 0 Å². The molecule has 0 saturated carbocycles. The Morgan fingerprint density at radius 3 is 2.89 bits per heavy atom. The molecule has 0 saturated heterocycles. The van der Waals surface area contributed by atoms with E-state index >= 15 is 0 Å². The molecular formula is C13H21NO4. The third-order valence-electron chi connectivity index (χ3n) is 2.50. The summed E-state index contributed by atoms with van der Waals surface area (Å²) in [4.78, 5) is 11.2. The van der Waals surface area contributed by atoms with Gasteiger partial charge >= 0.3 is 5.97 Å². The lowest BCUT2D eigenvalue weighted by atomic mass is 10.1. The average Bonchev–Trinajstić information content (AvgIpc) is 2.75. The minimum atomic E-state index is -0.412. The number of carbonyl (C=O) groups excluding carboxylic acids is 1. The minimum absolute atomic E-state index is 0.361. The summed E-state index contributed by atoms with van der Waals surface area (Å²) in [6.45, 7) is 5.12. The molecule has 0 bridgehead atoms. The fourth-order valence-electron chi connectivity index (χ4n) is 1.69. The van der Waals surface area contributed by atoms with E-state index in [1.54, 1.807) is 6.07 Å². The molecule has 0 aliphatic heterocycles. The summed E-state index contributed by atoms with van der Waals surface area (Å²) in [6.07, 6.45) is 1.77. The van der Waals surface area contributed by atoms with Crippen molar-refractivity contribution >= 4 is 5.97 Å². The second-order valence-electron chi connectivity index (χ2n) is 4.71.